The first kappa shape index (κ1) is 13.3. The molecular formula is C7H16N2O4S. The van der Waals surface area contributed by atoms with E-state index in [0.717, 1.165) is 6.92 Å². The standard InChI is InChI=1S/C7H16N2O4S/c1-3-6(8)4-9-14(12,13)5(2)7(10)11/h5-6,9H,3-4,8H2,1-2H3,(H,10,11). The van der Waals surface area contributed by atoms with Crippen molar-refractivity contribution in [2.75, 3.05) is 6.54 Å². The number of aliphatic carboxylic acids is 1. The minimum Gasteiger partial charge on any atom is -0.480 e. The summed E-state index contributed by atoms with van der Waals surface area (Å²) in [4.78, 5) is 10.4. The van der Waals surface area contributed by atoms with Gasteiger partial charge in [0.1, 0.15) is 0 Å². The summed E-state index contributed by atoms with van der Waals surface area (Å²) in [6.45, 7) is 3.00. The molecule has 84 valence electrons. The predicted octanol–water partition coefficient (Wildman–Crippen LogP) is -0.884. The largest absolute Gasteiger partial charge is 0.480 e. The number of hydrogen-bond acceptors (Lipinski definition) is 4. The van der Waals surface area contributed by atoms with Crippen LogP contribution in [0.5, 0.6) is 0 Å². The van der Waals surface area contributed by atoms with Gasteiger partial charge >= 0.3 is 5.97 Å². The smallest absolute Gasteiger partial charge is 0.323 e. The average molecular weight is 224 g/mol. The summed E-state index contributed by atoms with van der Waals surface area (Å²) in [6, 6.07) is -0.286. The van der Waals surface area contributed by atoms with Gasteiger partial charge in [-0.15, -0.1) is 0 Å². The normalized spacial score (nSPS) is 16.2. The van der Waals surface area contributed by atoms with Gasteiger partial charge in [-0.3, -0.25) is 4.79 Å². The van der Waals surface area contributed by atoms with Gasteiger partial charge in [0.15, 0.2) is 5.25 Å². The molecule has 0 saturated carbocycles. The lowest BCUT2D eigenvalue weighted by molar-refractivity contribution is -0.136. The van der Waals surface area contributed by atoms with Crippen molar-refractivity contribution in [1.82, 2.24) is 4.72 Å². The van der Waals surface area contributed by atoms with E-state index in [1.807, 2.05) is 6.92 Å². The first-order valence-electron chi connectivity index (χ1n) is 4.28. The summed E-state index contributed by atoms with van der Waals surface area (Å²) in [5.41, 5.74) is 5.48. The molecule has 0 aliphatic heterocycles. The molecule has 0 aromatic carbocycles. The molecule has 0 saturated heterocycles. The van der Waals surface area contributed by atoms with Crippen LogP contribution in [0.3, 0.4) is 0 Å². The summed E-state index contributed by atoms with van der Waals surface area (Å²) in [5, 5.41) is 7.04. The molecule has 0 aliphatic carbocycles. The van der Waals surface area contributed by atoms with Crippen LogP contribution in [-0.2, 0) is 14.8 Å². The molecule has 0 radical (unpaired) electrons. The van der Waals surface area contributed by atoms with Gasteiger partial charge in [-0.25, -0.2) is 13.1 Å². The zero-order valence-electron chi connectivity index (χ0n) is 8.23. The third kappa shape index (κ3) is 4.03. The third-order valence-corrected chi connectivity index (χ3v) is 3.59. The van der Waals surface area contributed by atoms with Crippen LogP contribution in [-0.4, -0.2) is 37.3 Å². The molecule has 0 rings (SSSR count). The van der Waals surface area contributed by atoms with Crippen molar-refractivity contribution in [3.63, 3.8) is 0 Å². The van der Waals surface area contributed by atoms with Crippen LogP contribution < -0.4 is 10.5 Å². The van der Waals surface area contributed by atoms with Crippen molar-refractivity contribution < 1.29 is 18.3 Å². The zero-order chi connectivity index (χ0) is 11.4. The van der Waals surface area contributed by atoms with Crippen LogP contribution in [0.1, 0.15) is 20.3 Å². The number of nitrogens with one attached hydrogen (secondary N) is 1. The first-order chi connectivity index (χ1) is 6.31. The highest BCUT2D eigenvalue weighted by molar-refractivity contribution is 7.90. The molecule has 0 spiro atoms. The molecular weight excluding hydrogens is 208 g/mol. The highest BCUT2D eigenvalue weighted by atomic mass is 32.2. The van der Waals surface area contributed by atoms with E-state index in [-0.39, 0.29) is 12.6 Å². The molecule has 7 heteroatoms. The Bertz CT molecular complexity index is 288. The predicted molar refractivity (Wildman–Crippen MR) is 52.3 cm³/mol. The Morgan fingerprint density at radius 3 is 2.43 bits per heavy atom. The molecule has 0 aliphatic rings. The van der Waals surface area contributed by atoms with Gasteiger partial charge in [0.05, 0.1) is 0 Å². The second kappa shape index (κ2) is 5.28. The highest BCUT2D eigenvalue weighted by Crippen LogP contribution is 1.98. The summed E-state index contributed by atoms with van der Waals surface area (Å²) in [6.07, 6.45) is 0.629. The van der Waals surface area contributed by atoms with Gasteiger partial charge in [0.2, 0.25) is 10.0 Å². The number of hydrogen-bond donors (Lipinski definition) is 3. The van der Waals surface area contributed by atoms with Crippen LogP contribution in [0.15, 0.2) is 0 Å². The molecule has 0 heterocycles. The van der Waals surface area contributed by atoms with E-state index >= 15 is 0 Å². The Labute approximate surface area is 83.5 Å². The summed E-state index contributed by atoms with van der Waals surface area (Å²) < 4.78 is 24.6. The maximum atomic E-state index is 11.2. The van der Waals surface area contributed by atoms with Gasteiger partial charge in [0.25, 0.3) is 0 Å². The molecule has 2 unspecified atom stereocenters. The number of rotatable bonds is 6. The number of carbonyl (C=O) groups is 1. The average Bonchev–Trinajstić information content (AvgIpc) is 2.12. The van der Waals surface area contributed by atoms with Crippen molar-refractivity contribution >= 4 is 16.0 Å². The number of sulfonamides is 1. The topological polar surface area (TPSA) is 109 Å². The van der Waals surface area contributed by atoms with E-state index in [4.69, 9.17) is 10.8 Å². The molecule has 6 nitrogen and oxygen atoms in total. The van der Waals surface area contributed by atoms with Crippen molar-refractivity contribution in [3.8, 4) is 0 Å². The molecule has 0 fully saturated rings. The lowest BCUT2D eigenvalue weighted by Gasteiger charge is -2.13. The number of carboxylic acids is 1. The lowest BCUT2D eigenvalue weighted by Crippen LogP contribution is -2.43. The Morgan fingerprint density at radius 2 is 2.07 bits per heavy atom. The van der Waals surface area contributed by atoms with Crippen molar-refractivity contribution in [3.05, 3.63) is 0 Å². The van der Waals surface area contributed by atoms with E-state index in [2.05, 4.69) is 4.72 Å². The minimum absolute atomic E-state index is 0.0659. The van der Waals surface area contributed by atoms with E-state index < -0.39 is 21.2 Å². The van der Waals surface area contributed by atoms with Gasteiger partial charge in [-0.2, -0.15) is 0 Å². The Kier molecular flexibility index (Phi) is 5.03. The zero-order valence-corrected chi connectivity index (χ0v) is 9.04. The van der Waals surface area contributed by atoms with Crippen LogP contribution in [0.4, 0.5) is 0 Å². The fraction of sp³-hybridized carbons (Fsp3) is 0.857. The molecule has 0 amide bonds. The monoisotopic (exact) mass is 224 g/mol. The Hall–Kier alpha value is -0.660. The maximum absolute atomic E-state index is 11.2. The molecule has 0 bridgehead atoms. The van der Waals surface area contributed by atoms with E-state index in [9.17, 15) is 13.2 Å². The van der Waals surface area contributed by atoms with E-state index in [1.165, 1.54) is 0 Å². The van der Waals surface area contributed by atoms with Gasteiger partial charge in [-0.05, 0) is 13.3 Å². The van der Waals surface area contributed by atoms with Crippen molar-refractivity contribution in [2.24, 2.45) is 5.73 Å². The quantitative estimate of drug-likeness (QED) is 0.542. The Morgan fingerprint density at radius 1 is 1.57 bits per heavy atom. The molecule has 14 heavy (non-hydrogen) atoms. The summed E-state index contributed by atoms with van der Waals surface area (Å²) >= 11 is 0. The SMILES string of the molecule is CCC(N)CNS(=O)(=O)C(C)C(=O)O. The fourth-order valence-electron chi connectivity index (χ4n) is 0.625. The van der Waals surface area contributed by atoms with Crippen molar-refractivity contribution in [1.29, 1.82) is 0 Å². The molecule has 2 atom stereocenters. The molecule has 0 aromatic heterocycles. The van der Waals surface area contributed by atoms with Crippen molar-refractivity contribution in [2.45, 2.75) is 31.6 Å². The fourth-order valence-corrected chi connectivity index (χ4v) is 1.59. The number of nitrogens with two attached hydrogens (primary N) is 1. The first-order valence-corrected chi connectivity index (χ1v) is 5.82. The van der Waals surface area contributed by atoms with Gasteiger partial charge < -0.3 is 10.8 Å². The lowest BCUT2D eigenvalue weighted by atomic mass is 10.2. The van der Waals surface area contributed by atoms with E-state index in [1.54, 1.807) is 0 Å². The van der Waals surface area contributed by atoms with Crippen LogP contribution in [0.25, 0.3) is 0 Å². The highest BCUT2D eigenvalue weighted by Gasteiger charge is 2.27. The minimum atomic E-state index is -3.79. The van der Waals surface area contributed by atoms with Gasteiger partial charge in [0, 0.05) is 12.6 Å². The Balaban J connectivity index is 4.29. The van der Waals surface area contributed by atoms with Crippen LogP contribution >= 0.6 is 0 Å². The molecule has 0 aromatic rings. The third-order valence-electron chi connectivity index (χ3n) is 1.88. The second-order valence-corrected chi connectivity index (χ2v) is 5.13. The summed E-state index contributed by atoms with van der Waals surface area (Å²) in [5.74, 6) is -1.37. The number of carboxylic acid groups (broad SMARTS) is 1. The van der Waals surface area contributed by atoms with Crippen LogP contribution in [0.2, 0.25) is 0 Å². The maximum Gasteiger partial charge on any atom is 0.323 e. The van der Waals surface area contributed by atoms with Crippen LogP contribution in [0, 0.1) is 0 Å². The van der Waals surface area contributed by atoms with E-state index in [0.29, 0.717) is 6.42 Å². The van der Waals surface area contributed by atoms with Gasteiger partial charge in [-0.1, -0.05) is 6.92 Å². The molecule has 4 N–H and O–H groups in total. The summed E-state index contributed by atoms with van der Waals surface area (Å²) in [7, 11) is -3.79. The second-order valence-electron chi connectivity index (χ2n) is 3.04.